The Bertz CT molecular complexity index is 594. The molecule has 19 heavy (non-hydrogen) atoms. The van der Waals surface area contributed by atoms with E-state index in [1.54, 1.807) is 0 Å². The van der Waals surface area contributed by atoms with E-state index in [2.05, 4.69) is 64.7 Å². The van der Waals surface area contributed by atoms with Gasteiger partial charge < -0.3 is 5.32 Å². The van der Waals surface area contributed by atoms with Crippen LogP contribution in [0.15, 0.2) is 38.3 Å². The lowest BCUT2D eigenvalue weighted by Gasteiger charge is -2.28. The number of hydrogen-bond donors (Lipinski definition) is 1. The summed E-state index contributed by atoms with van der Waals surface area (Å²) in [6.45, 7) is 4.44. The number of nitrogens with one attached hydrogen (secondary N) is 1. The second-order valence-corrected chi connectivity index (χ2v) is 8.49. The van der Waals surface area contributed by atoms with Crippen molar-refractivity contribution in [3.05, 3.63) is 45.2 Å². The van der Waals surface area contributed by atoms with Crippen LogP contribution in [-0.4, -0.2) is 5.25 Å². The second-order valence-electron chi connectivity index (χ2n) is 5.01. The molecule has 0 bridgehead atoms. The van der Waals surface area contributed by atoms with Crippen molar-refractivity contribution in [2.24, 2.45) is 0 Å². The Morgan fingerprint density at radius 1 is 1.32 bits per heavy atom. The van der Waals surface area contributed by atoms with Crippen molar-refractivity contribution in [3.8, 4) is 0 Å². The first kappa shape index (κ1) is 13.5. The van der Waals surface area contributed by atoms with Crippen molar-refractivity contribution in [2.45, 2.75) is 35.8 Å². The maximum Gasteiger partial charge on any atom is 0.0653 e. The third-order valence-electron chi connectivity index (χ3n) is 3.36. The lowest BCUT2D eigenvalue weighted by Crippen LogP contribution is -2.19. The lowest BCUT2D eigenvalue weighted by molar-refractivity contribution is 0.669. The van der Waals surface area contributed by atoms with Crippen LogP contribution >= 0.6 is 39.0 Å². The fraction of sp³-hybridized carbons (Fsp3) is 0.333. The van der Waals surface area contributed by atoms with Gasteiger partial charge in [-0.3, -0.25) is 0 Å². The van der Waals surface area contributed by atoms with E-state index >= 15 is 0 Å². The maximum absolute atomic E-state index is 3.71. The summed E-state index contributed by atoms with van der Waals surface area (Å²) in [6.07, 6.45) is 1.18. The molecule has 1 N–H and O–H groups in total. The van der Waals surface area contributed by atoms with Gasteiger partial charge in [0.05, 0.1) is 10.3 Å². The number of rotatable bonds is 2. The highest BCUT2D eigenvalue weighted by molar-refractivity contribution is 9.10. The van der Waals surface area contributed by atoms with Gasteiger partial charge in [0.2, 0.25) is 0 Å². The van der Waals surface area contributed by atoms with Crippen LogP contribution in [0.2, 0.25) is 0 Å². The van der Waals surface area contributed by atoms with E-state index in [4.69, 9.17) is 0 Å². The van der Waals surface area contributed by atoms with Gasteiger partial charge in [0.25, 0.3) is 0 Å². The van der Waals surface area contributed by atoms with E-state index < -0.39 is 0 Å². The highest BCUT2D eigenvalue weighted by Gasteiger charge is 2.26. The lowest BCUT2D eigenvalue weighted by atomic mass is 10.0. The van der Waals surface area contributed by atoms with E-state index in [0.29, 0.717) is 11.3 Å². The summed E-state index contributed by atoms with van der Waals surface area (Å²) in [6, 6.07) is 9.15. The molecule has 1 aromatic heterocycles. The Kier molecular flexibility index (Phi) is 3.92. The van der Waals surface area contributed by atoms with Crippen molar-refractivity contribution in [1.82, 2.24) is 0 Å². The average molecular weight is 354 g/mol. The highest BCUT2D eigenvalue weighted by Crippen LogP contribution is 2.45. The Morgan fingerprint density at radius 3 is 3.00 bits per heavy atom. The van der Waals surface area contributed by atoms with Crippen LogP contribution in [0.4, 0.5) is 5.69 Å². The van der Waals surface area contributed by atoms with E-state index in [9.17, 15) is 0 Å². The molecule has 0 fully saturated rings. The minimum Gasteiger partial charge on any atom is -0.377 e. The van der Waals surface area contributed by atoms with E-state index in [1.807, 2.05) is 23.1 Å². The van der Waals surface area contributed by atoms with Gasteiger partial charge in [0.1, 0.15) is 0 Å². The SMILES string of the molecule is Cc1ccc(Br)c(NC2C[C@H](C)Sc3sccc32)c1. The summed E-state index contributed by atoms with van der Waals surface area (Å²) >= 11 is 7.51. The molecule has 100 valence electrons. The molecule has 3 rings (SSSR count). The Balaban J connectivity index is 1.90. The summed E-state index contributed by atoms with van der Waals surface area (Å²) in [5.41, 5.74) is 3.94. The number of fused-ring (bicyclic) bond motifs is 1. The molecular weight excluding hydrogens is 338 g/mol. The fourth-order valence-electron chi connectivity index (χ4n) is 2.42. The standard InChI is InChI=1S/C15H16BrNS2/c1-9-3-4-12(16)14(7-9)17-13-8-10(2)19-15-11(13)5-6-18-15/h3-7,10,13,17H,8H2,1-2H3/t10-,13?/m0/s1. The van der Waals surface area contributed by atoms with E-state index in [-0.39, 0.29) is 0 Å². The van der Waals surface area contributed by atoms with Crippen LogP contribution in [0, 0.1) is 6.92 Å². The van der Waals surface area contributed by atoms with Crippen molar-refractivity contribution < 1.29 is 0 Å². The van der Waals surface area contributed by atoms with Crippen molar-refractivity contribution in [2.75, 3.05) is 5.32 Å². The maximum atomic E-state index is 3.71. The molecule has 0 aliphatic carbocycles. The summed E-state index contributed by atoms with van der Waals surface area (Å²) in [4.78, 5) is 0. The molecule has 1 unspecified atom stereocenters. The summed E-state index contributed by atoms with van der Waals surface area (Å²) < 4.78 is 2.61. The second kappa shape index (κ2) is 5.51. The number of benzene rings is 1. The molecule has 4 heteroatoms. The Labute approximate surface area is 130 Å². The monoisotopic (exact) mass is 353 g/mol. The zero-order chi connectivity index (χ0) is 13.4. The van der Waals surface area contributed by atoms with Crippen LogP contribution < -0.4 is 5.32 Å². The van der Waals surface area contributed by atoms with Crippen molar-refractivity contribution in [1.29, 1.82) is 0 Å². The molecule has 1 nitrogen and oxygen atoms in total. The van der Waals surface area contributed by atoms with Gasteiger partial charge in [-0.25, -0.2) is 0 Å². The van der Waals surface area contributed by atoms with E-state index in [0.717, 1.165) is 4.47 Å². The third-order valence-corrected chi connectivity index (χ3v) is 6.40. The number of aryl methyl sites for hydroxylation is 1. The van der Waals surface area contributed by atoms with Gasteiger partial charge >= 0.3 is 0 Å². The van der Waals surface area contributed by atoms with E-state index in [1.165, 1.54) is 27.4 Å². The highest BCUT2D eigenvalue weighted by atomic mass is 79.9. The number of hydrogen-bond acceptors (Lipinski definition) is 3. The van der Waals surface area contributed by atoms with Gasteiger partial charge in [0.15, 0.2) is 0 Å². The van der Waals surface area contributed by atoms with Gasteiger partial charge in [-0.2, -0.15) is 0 Å². The van der Waals surface area contributed by atoms with Crippen molar-refractivity contribution in [3.63, 3.8) is 0 Å². The number of thiophene rings is 1. The predicted molar refractivity (Wildman–Crippen MR) is 89.5 cm³/mol. The zero-order valence-corrected chi connectivity index (χ0v) is 14.2. The normalized spacial score (nSPS) is 22.1. The topological polar surface area (TPSA) is 12.0 Å². The quantitative estimate of drug-likeness (QED) is 0.725. The first-order valence-corrected chi connectivity index (χ1v) is 8.95. The largest absolute Gasteiger partial charge is 0.377 e. The predicted octanol–water partition coefficient (Wildman–Crippen LogP) is 5.86. The van der Waals surface area contributed by atoms with Crippen molar-refractivity contribution >= 4 is 44.7 Å². The molecule has 0 radical (unpaired) electrons. The van der Waals surface area contributed by atoms with Gasteiger partial charge in [0, 0.05) is 15.4 Å². The molecule has 0 amide bonds. The van der Waals surface area contributed by atoms with Gasteiger partial charge in [-0.05, 0) is 64.0 Å². The average Bonchev–Trinajstić information content (AvgIpc) is 2.82. The first-order chi connectivity index (χ1) is 9.13. The molecule has 1 aliphatic rings. The van der Waals surface area contributed by atoms with Crippen LogP contribution in [0.25, 0.3) is 0 Å². The number of halogens is 1. The molecule has 1 aliphatic heterocycles. The molecule has 0 saturated heterocycles. The number of thioether (sulfide) groups is 1. The summed E-state index contributed by atoms with van der Waals surface area (Å²) in [5, 5.41) is 6.59. The van der Waals surface area contributed by atoms with Gasteiger partial charge in [-0.15, -0.1) is 23.1 Å². The third kappa shape index (κ3) is 2.86. The molecule has 0 spiro atoms. The van der Waals surface area contributed by atoms with Gasteiger partial charge in [-0.1, -0.05) is 13.0 Å². The smallest absolute Gasteiger partial charge is 0.0653 e. The van der Waals surface area contributed by atoms with Crippen LogP contribution in [0.1, 0.15) is 30.5 Å². The fourth-order valence-corrected chi connectivity index (χ4v) is 5.35. The molecular formula is C15H16BrNS2. The Hall–Kier alpha value is -0.450. The minimum absolute atomic E-state index is 0.426. The molecule has 2 aromatic rings. The molecule has 2 atom stereocenters. The first-order valence-electron chi connectivity index (χ1n) is 6.40. The molecule has 1 aromatic carbocycles. The summed E-state index contributed by atoms with van der Waals surface area (Å²) in [7, 11) is 0. The molecule has 2 heterocycles. The zero-order valence-electron chi connectivity index (χ0n) is 10.9. The Morgan fingerprint density at radius 2 is 2.16 bits per heavy atom. The van der Waals surface area contributed by atoms with Crippen LogP contribution in [0.5, 0.6) is 0 Å². The molecule has 0 saturated carbocycles. The van der Waals surface area contributed by atoms with Crippen LogP contribution in [-0.2, 0) is 0 Å². The minimum atomic E-state index is 0.426. The number of anilines is 1. The van der Waals surface area contributed by atoms with Crippen LogP contribution in [0.3, 0.4) is 0 Å². The summed E-state index contributed by atoms with van der Waals surface area (Å²) in [5.74, 6) is 0.